The predicted octanol–water partition coefficient (Wildman–Crippen LogP) is 6.62. The number of nitrogens with one attached hydrogen (secondary N) is 1. The summed E-state index contributed by atoms with van der Waals surface area (Å²) in [7, 11) is 0. The van der Waals surface area contributed by atoms with Crippen LogP contribution in [-0.4, -0.2) is 10.9 Å². The monoisotopic (exact) mass is 418 g/mol. The van der Waals surface area contributed by atoms with Crippen LogP contribution in [0, 0.1) is 6.92 Å². The topological polar surface area (TPSA) is 42.0 Å². The first kappa shape index (κ1) is 19.4. The Kier molecular flexibility index (Phi) is 5.74. The maximum absolute atomic E-state index is 12.4. The van der Waals surface area contributed by atoms with E-state index in [1.54, 1.807) is 11.3 Å². The lowest BCUT2D eigenvalue weighted by molar-refractivity contribution is -0.115. The molecular weight excluding hydrogens is 400 g/mol. The van der Waals surface area contributed by atoms with Crippen molar-refractivity contribution in [2.75, 3.05) is 5.32 Å². The SMILES string of the molecule is Cc1cccc(CC(=O)Nc2cccc(-c3csc(-c4ccc(Cl)cc4)n3)c2)c1. The number of aromatic nitrogens is 1. The molecule has 1 aromatic heterocycles. The molecule has 144 valence electrons. The molecular formula is C24H19ClN2OS. The number of carbonyl (C=O) groups is 1. The summed E-state index contributed by atoms with van der Waals surface area (Å²) in [5, 5.41) is 6.66. The third kappa shape index (κ3) is 4.91. The molecule has 4 rings (SSSR count). The van der Waals surface area contributed by atoms with E-state index in [9.17, 15) is 4.79 Å². The third-order valence-corrected chi connectivity index (χ3v) is 5.63. The lowest BCUT2D eigenvalue weighted by Crippen LogP contribution is -2.14. The molecule has 0 spiro atoms. The van der Waals surface area contributed by atoms with Gasteiger partial charge >= 0.3 is 0 Å². The van der Waals surface area contributed by atoms with Crippen molar-refractivity contribution in [3.63, 3.8) is 0 Å². The molecule has 0 aliphatic heterocycles. The van der Waals surface area contributed by atoms with Gasteiger partial charge in [-0.05, 0) is 36.8 Å². The minimum absolute atomic E-state index is 0.0344. The van der Waals surface area contributed by atoms with Crippen molar-refractivity contribution in [1.82, 2.24) is 4.98 Å². The molecule has 0 aliphatic rings. The lowest BCUT2D eigenvalue weighted by Gasteiger charge is -2.07. The maximum atomic E-state index is 12.4. The van der Waals surface area contributed by atoms with Gasteiger partial charge in [-0.2, -0.15) is 0 Å². The molecule has 0 saturated carbocycles. The van der Waals surface area contributed by atoms with Gasteiger partial charge in [0, 0.05) is 27.2 Å². The van der Waals surface area contributed by atoms with Gasteiger partial charge in [0.15, 0.2) is 0 Å². The molecule has 0 atom stereocenters. The number of amides is 1. The number of carbonyl (C=O) groups excluding carboxylic acids is 1. The zero-order chi connectivity index (χ0) is 20.2. The zero-order valence-corrected chi connectivity index (χ0v) is 17.4. The van der Waals surface area contributed by atoms with Gasteiger partial charge < -0.3 is 5.32 Å². The van der Waals surface area contributed by atoms with Crippen molar-refractivity contribution in [2.45, 2.75) is 13.3 Å². The van der Waals surface area contributed by atoms with Crippen LogP contribution in [-0.2, 0) is 11.2 Å². The quantitative estimate of drug-likeness (QED) is 0.395. The Hall–Kier alpha value is -2.95. The van der Waals surface area contributed by atoms with Crippen LogP contribution in [0.3, 0.4) is 0 Å². The standard InChI is InChI=1S/C24H19ClN2OS/c1-16-4-2-5-17(12-16)13-23(28)26-21-7-3-6-19(14-21)22-15-29-24(27-22)18-8-10-20(25)11-9-18/h2-12,14-15H,13H2,1H3,(H,26,28). The van der Waals surface area contributed by atoms with Gasteiger partial charge in [-0.3, -0.25) is 4.79 Å². The fourth-order valence-corrected chi connectivity index (χ4v) is 4.06. The molecule has 0 saturated heterocycles. The smallest absolute Gasteiger partial charge is 0.228 e. The van der Waals surface area contributed by atoms with E-state index in [0.29, 0.717) is 11.4 Å². The first-order valence-corrected chi connectivity index (χ1v) is 10.5. The molecule has 1 heterocycles. The molecule has 1 N–H and O–H groups in total. The Bertz CT molecular complexity index is 1150. The summed E-state index contributed by atoms with van der Waals surface area (Å²) in [6, 6.07) is 23.4. The number of thiazole rings is 1. The molecule has 3 nitrogen and oxygen atoms in total. The number of benzene rings is 3. The summed E-state index contributed by atoms with van der Waals surface area (Å²) in [5.41, 5.74) is 5.81. The summed E-state index contributed by atoms with van der Waals surface area (Å²) in [5.74, 6) is -0.0344. The Labute approximate surface area is 179 Å². The van der Waals surface area contributed by atoms with E-state index >= 15 is 0 Å². The highest BCUT2D eigenvalue weighted by molar-refractivity contribution is 7.13. The number of rotatable bonds is 5. The van der Waals surface area contributed by atoms with Crippen molar-refractivity contribution >= 4 is 34.5 Å². The summed E-state index contributed by atoms with van der Waals surface area (Å²) in [6.07, 6.45) is 0.351. The van der Waals surface area contributed by atoms with E-state index in [1.165, 1.54) is 0 Å². The van der Waals surface area contributed by atoms with Crippen molar-refractivity contribution in [3.8, 4) is 21.8 Å². The van der Waals surface area contributed by atoms with Crippen LogP contribution in [0.2, 0.25) is 5.02 Å². The summed E-state index contributed by atoms with van der Waals surface area (Å²) >= 11 is 7.55. The van der Waals surface area contributed by atoms with Crippen LogP contribution < -0.4 is 5.32 Å². The fourth-order valence-electron chi connectivity index (χ4n) is 3.10. The van der Waals surface area contributed by atoms with E-state index < -0.39 is 0 Å². The third-order valence-electron chi connectivity index (χ3n) is 4.48. The van der Waals surface area contributed by atoms with Gasteiger partial charge in [-0.15, -0.1) is 11.3 Å². The first-order chi connectivity index (χ1) is 14.1. The summed E-state index contributed by atoms with van der Waals surface area (Å²) in [4.78, 5) is 17.2. The van der Waals surface area contributed by atoms with Crippen LogP contribution >= 0.6 is 22.9 Å². The molecule has 0 unspecified atom stereocenters. The molecule has 0 aliphatic carbocycles. The highest BCUT2D eigenvalue weighted by Crippen LogP contribution is 2.30. The van der Waals surface area contributed by atoms with E-state index in [0.717, 1.165) is 38.6 Å². The average molecular weight is 419 g/mol. The van der Waals surface area contributed by atoms with Gasteiger partial charge in [0.2, 0.25) is 5.91 Å². The highest BCUT2D eigenvalue weighted by atomic mass is 35.5. The minimum atomic E-state index is -0.0344. The summed E-state index contributed by atoms with van der Waals surface area (Å²) < 4.78 is 0. The fraction of sp³-hybridized carbons (Fsp3) is 0.0833. The van der Waals surface area contributed by atoms with Gasteiger partial charge in [-0.25, -0.2) is 4.98 Å². The molecule has 5 heteroatoms. The molecule has 0 bridgehead atoms. The predicted molar refractivity (Wildman–Crippen MR) is 122 cm³/mol. The number of anilines is 1. The number of nitrogens with zero attached hydrogens (tertiary/aromatic N) is 1. The van der Waals surface area contributed by atoms with Crippen LogP contribution in [0.5, 0.6) is 0 Å². The van der Waals surface area contributed by atoms with Gasteiger partial charge in [0.05, 0.1) is 12.1 Å². The Morgan fingerprint density at radius 2 is 1.79 bits per heavy atom. The van der Waals surface area contributed by atoms with E-state index in [-0.39, 0.29) is 5.91 Å². The zero-order valence-electron chi connectivity index (χ0n) is 15.9. The number of hydrogen-bond donors (Lipinski definition) is 1. The first-order valence-electron chi connectivity index (χ1n) is 9.24. The van der Waals surface area contributed by atoms with Crippen LogP contribution in [0.1, 0.15) is 11.1 Å². The second-order valence-electron chi connectivity index (χ2n) is 6.84. The van der Waals surface area contributed by atoms with Crippen molar-refractivity contribution in [1.29, 1.82) is 0 Å². The number of hydrogen-bond acceptors (Lipinski definition) is 3. The Balaban J connectivity index is 1.49. The molecule has 0 fully saturated rings. The van der Waals surface area contributed by atoms with Crippen molar-refractivity contribution < 1.29 is 4.79 Å². The lowest BCUT2D eigenvalue weighted by atomic mass is 10.1. The van der Waals surface area contributed by atoms with Crippen molar-refractivity contribution in [2.24, 2.45) is 0 Å². The highest BCUT2D eigenvalue weighted by Gasteiger charge is 2.09. The van der Waals surface area contributed by atoms with Crippen molar-refractivity contribution in [3.05, 3.63) is 94.3 Å². The van der Waals surface area contributed by atoms with Gasteiger partial charge in [0.25, 0.3) is 0 Å². The maximum Gasteiger partial charge on any atom is 0.228 e. The second-order valence-corrected chi connectivity index (χ2v) is 8.13. The Morgan fingerprint density at radius 3 is 2.59 bits per heavy atom. The Morgan fingerprint density at radius 1 is 1.00 bits per heavy atom. The van der Waals surface area contributed by atoms with E-state index in [4.69, 9.17) is 16.6 Å². The minimum Gasteiger partial charge on any atom is -0.326 e. The molecule has 0 radical (unpaired) electrons. The van der Waals surface area contributed by atoms with E-state index in [2.05, 4.69) is 5.32 Å². The van der Waals surface area contributed by atoms with Gasteiger partial charge in [-0.1, -0.05) is 65.7 Å². The normalized spacial score (nSPS) is 10.7. The largest absolute Gasteiger partial charge is 0.326 e. The molecule has 3 aromatic carbocycles. The molecule has 29 heavy (non-hydrogen) atoms. The van der Waals surface area contributed by atoms with Crippen LogP contribution in [0.25, 0.3) is 21.8 Å². The average Bonchev–Trinajstić information content (AvgIpc) is 3.19. The molecule has 1 amide bonds. The van der Waals surface area contributed by atoms with Crippen LogP contribution in [0.15, 0.2) is 78.2 Å². The van der Waals surface area contributed by atoms with Gasteiger partial charge in [0.1, 0.15) is 5.01 Å². The van der Waals surface area contributed by atoms with E-state index in [1.807, 2.05) is 85.1 Å². The second kappa shape index (κ2) is 8.60. The number of aryl methyl sites for hydroxylation is 1. The number of halogens is 1. The molecule has 4 aromatic rings. The summed E-state index contributed by atoms with van der Waals surface area (Å²) in [6.45, 7) is 2.02. The van der Waals surface area contributed by atoms with Crippen LogP contribution in [0.4, 0.5) is 5.69 Å².